The second kappa shape index (κ2) is 7.08. The zero-order chi connectivity index (χ0) is 18.9. The first-order valence-corrected chi connectivity index (χ1v) is 10.7. The van der Waals surface area contributed by atoms with Gasteiger partial charge in [-0.05, 0) is 53.8 Å². The lowest BCUT2D eigenvalue weighted by Crippen LogP contribution is -2.35. The Hall–Kier alpha value is -1.79. The molecule has 1 fully saturated rings. The third-order valence-electron chi connectivity index (χ3n) is 4.36. The molecule has 2 aromatic carbocycles. The van der Waals surface area contributed by atoms with Crippen molar-refractivity contribution >= 4 is 29.3 Å². The zero-order valence-electron chi connectivity index (χ0n) is 14.7. The first kappa shape index (κ1) is 19.0. The van der Waals surface area contributed by atoms with Crippen LogP contribution in [0.3, 0.4) is 0 Å². The SMILES string of the molecule is COc1ccc(P2(=S)OCC(C)(C)C(c3ccc([N+](=O)[O-])cc3)O2)cc1. The van der Waals surface area contributed by atoms with E-state index >= 15 is 0 Å². The molecule has 26 heavy (non-hydrogen) atoms. The Balaban J connectivity index is 1.93. The smallest absolute Gasteiger partial charge is 0.269 e. The van der Waals surface area contributed by atoms with Gasteiger partial charge in [-0.25, -0.2) is 0 Å². The average molecular weight is 393 g/mol. The second-order valence-electron chi connectivity index (χ2n) is 6.79. The quantitative estimate of drug-likeness (QED) is 0.437. The van der Waals surface area contributed by atoms with Crippen LogP contribution in [-0.2, 0) is 20.9 Å². The highest BCUT2D eigenvalue weighted by Crippen LogP contribution is 2.60. The Bertz CT molecular complexity index is 851. The highest BCUT2D eigenvalue weighted by atomic mass is 32.5. The van der Waals surface area contributed by atoms with Crippen molar-refractivity contribution in [2.45, 2.75) is 20.0 Å². The van der Waals surface area contributed by atoms with Gasteiger partial charge in [0.2, 0.25) is 6.49 Å². The van der Waals surface area contributed by atoms with Gasteiger partial charge in [-0.3, -0.25) is 10.1 Å². The number of rotatable bonds is 4. The van der Waals surface area contributed by atoms with E-state index in [0.29, 0.717) is 6.61 Å². The number of ether oxygens (including phenoxy) is 1. The molecule has 2 unspecified atom stereocenters. The Kier molecular flexibility index (Phi) is 5.17. The van der Waals surface area contributed by atoms with Crippen LogP contribution >= 0.6 is 6.49 Å². The summed E-state index contributed by atoms with van der Waals surface area (Å²) in [6.45, 7) is 1.83. The Morgan fingerprint density at radius 2 is 1.81 bits per heavy atom. The van der Waals surface area contributed by atoms with Crippen LogP contribution in [0.5, 0.6) is 5.75 Å². The van der Waals surface area contributed by atoms with E-state index in [1.54, 1.807) is 19.2 Å². The predicted octanol–water partition coefficient (Wildman–Crippen LogP) is 4.35. The standard InChI is InChI=1S/C18H20NO5PS/c1-18(2)12-23-25(26,16-10-8-15(22-3)9-11-16)24-17(18)13-4-6-14(7-5-13)19(20)21/h4-11,17H,12H2,1-3H3. The molecular weight excluding hydrogens is 373 g/mol. The van der Waals surface area contributed by atoms with E-state index in [9.17, 15) is 10.1 Å². The largest absolute Gasteiger partial charge is 0.497 e. The minimum Gasteiger partial charge on any atom is -0.497 e. The van der Waals surface area contributed by atoms with Gasteiger partial charge in [0.05, 0.1) is 24.7 Å². The summed E-state index contributed by atoms with van der Waals surface area (Å²) < 4.78 is 17.5. The third-order valence-corrected chi connectivity index (χ3v) is 7.45. The number of hydrogen-bond acceptors (Lipinski definition) is 6. The maximum Gasteiger partial charge on any atom is 0.269 e. The summed E-state index contributed by atoms with van der Waals surface area (Å²) in [4.78, 5) is 10.5. The maximum atomic E-state index is 10.9. The van der Waals surface area contributed by atoms with Gasteiger partial charge >= 0.3 is 0 Å². The Morgan fingerprint density at radius 1 is 1.19 bits per heavy atom. The number of nitro groups is 1. The predicted molar refractivity (Wildman–Crippen MR) is 104 cm³/mol. The first-order valence-electron chi connectivity index (χ1n) is 8.07. The summed E-state index contributed by atoms with van der Waals surface area (Å²) in [5, 5.41) is 11.7. The number of benzene rings is 2. The van der Waals surface area contributed by atoms with Crippen LogP contribution < -0.4 is 10.0 Å². The van der Waals surface area contributed by atoms with Crippen LogP contribution in [0, 0.1) is 15.5 Å². The summed E-state index contributed by atoms with van der Waals surface area (Å²) in [7, 11) is 1.61. The minimum absolute atomic E-state index is 0.0493. The van der Waals surface area contributed by atoms with Crippen molar-refractivity contribution in [2.75, 3.05) is 13.7 Å². The number of hydrogen-bond donors (Lipinski definition) is 0. The van der Waals surface area contributed by atoms with Crippen molar-refractivity contribution < 1.29 is 18.7 Å². The molecule has 0 bridgehead atoms. The van der Waals surface area contributed by atoms with Crippen LogP contribution in [0.25, 0.3) is 0 Å². The molecule has 1 saturated heterocycles. The summed E-state index contributed by atoms with van der Waals surface area (Å²) in [6, 6.07) is 13.8. The van der Waals surface area contributed by atoms with Crippen molar-refractivity contribution in [3.63, 3.8) is 0 Å². The number of methoxy groups -OCH3 is 1. The van der Waals surface area contributed by atoms with Crippen LogP contribution in [0.15, 0.2) is 48.5 Å². The third kappa shape index (κ3) is 3.67. The molecule has 1 aliphatic heterocycles. The van der Waals surface area contributed by atoms with Gasteiger partial charge in [0, 0.05) is 22.9 Å². The van der Waals surface area contributed by atoms with E-state index in [0.717, 1.165) is 16.6 Å². The van der Waals surface area contributed by atoms with E-state index in [-0.39, 0.29) is 17.2 Å². The van der Waals surface area contributed by atoms with E-state index in [4.69, 9.17) is 25.6 Å². The molecule has 6 nitrogen and oxygen atoms in total. The lowest BCUT2D eigenvalue weighted by Gasteiger charge is -2.43. The van der Waals surface area contributed by atoms with Crippen LogP contribution in [-0.4, -0.2) is 18.6 Å². The molecule has 2 aromatic rings. The highest BCUT2D eigenvalue weighted by molar-refractivity contribution is 8.13. The zero-order valence-corrected chi connectivity index (χ0v) is 16.5. The van der Waals surface area contributed by atoms with Crippen molar-refractivity contribution in [3.05, 3.63) is 64.2 Å². The van der Waals surface area contributed by atoms with E-state index in [1.807, 2.05) is 38.1 Å². The Labute approximate surface area is 157 Å². The molecule has 138 valence electrons. The minimum atomic E-state index is -2.68. The summed E-state index contributed by atoms with van der Waals surface area (Å²) >= 11 is 5.76. The van der Waals surface area contributed by atoms with E-state index < -0.39 is 11.4 Å². The van der Waals surface area contributed by atoms with Gasteiger partial charge < -0.3 is 13.8 Å². The highest BCUT2D eigenvalue weighted by Gasteiger charge is 2.43. The summed E-state index contributed by atoms with van der Waals surface area (Å²) in [6.07, 6.45) is -0.315. The normalized spacial score (nSPS) is 24.8. The van der Waals surface area contributed by atoms with Crippen LogP contribution in [0.4, 0.5) is 5.69 Å². The molecule has 2 atom stereocenters. The molecule has 1 heterocycles. The molecule has 0 spiro atoms. The number of non-ortho nitro benzene ring substituents is 1. The molecule has 0 radical (unpaired) electrons. The molecule has 0 N–H and O–H groups in total. The fraction of sp³-hybridized carbons (Fsp3) is 0.333. The van der Waals surface area contributed by atoms with Crippen LogP contribution in [0.1, 0.15) is 25.5 Å². The topological polar surface area (TPSA) is 70.8 Å². The maximum absolute atomic E-state index is 10.9. The summed E-state index contributed by atoms with van der Waals surface area (Å²) in [5.74, 6) is 0.736. The molecule has 0 aliphatic carbocycles. The van der Waals surface area contributed by atoms with Crippen molar-refractivity contribution in [1.82, 2.24) is 0 Å². The van der Waals surface area contributed by atoms with Crippen molar-refractivity contribution in [1.29, 1.82) is 0 Å². The van der Waals surface area contributed by atoms with Gasteiger partial charge in [-0.15, -0.1) is 0 Å². The lowest BCUT2D eigenvalue weighted by molar-refractivity contribution is -0.384. The van der Waals surface area contributed by atoms with Gasteiger partial charge in [-0.1, -0.05) is 13.8 Å². The number of nitrogens with zero attached hydrogens (tertiary/aromatic N) is 1. The van der Waals surface area contributed by atoms with Crippen LogP contribution in [0.2, 0.25) is 0 Å². The molecule has 8 heteroatoms. The molecule has 0 aromatic heterocycles. The van der Waals surface area contributed by atoms with E-state index in [1.165, 1.54) is 12.1 Å². The lowest BCUT2D eigenvalue weighted by atomic mass is 9.83. The average Bonchev–Trinajstić information content (AvgIpc) is 2.64. The van der Waals surface area contributed by atoms with Gasteiger partial charge in [0.15, 0.2) is 0 Å². The van der Waals surface area contributed by atoms with Gasteiger partial charge in [0.25, 0.3) is 5.69 Å². The fourth-order valence-corrected chi connectivity index (χ4v) is 5.64. The second-order valence-corrected chi connectivity index (χ2v) is 10.2. The molecule has 0 saturated carbocycles. The van der Waals surface area contributed by atoms with E-state index in [2.05, 4.69) is 0 Å². The molecular formula is C18H20NO5PS. The first-order chi connectivity index (χ1) is 12.2. The van der Waals surface area contributed by atoms with Gasteiger partial charge in [0.1, 0.15) is 5.75 Å². The molecule has 3 rings (SSSR count). The summed E-state index contributed by atoms with van der Waals surface area (Å²) in [5.41, 5.74) is 0.588. The Morgan fingerprint density at radius 3 is 2.35 bits per heavy atom. The number of nitro benzene ring substituents is 1. The monoisotopic (exact) mass is 393 g/mol. The molecule has 1 aliphatic rings. The fourth-order valence-electron chi connectivity index (χ4n) is 2.82. The molecule has 0 amide bonds. The van der Waals surface area contributed by atoms with Crippen molar-refractivity contribution in [2.24, 2.45) is 5.41 Å². The van der Waals surface area contributed by atoms with Crippen molar-refractivity contribution in [3.8, 4) is 5.75 Å². The van der Waals surface area contributed by atoms with Gasteiger partial charge in [-0.2, -0.15) is 0 Å².